The molecule has 2 N–H and O–H groups in total. The van der Waals surface area contributed by atoms with E-state index in [0.717, 1.165) is 11.4 Å². The van der Waals surface area contributed by atoms with Crippen molar-refractivity contribution in [2.45, 2.75) is 0 Å². The van der Waals surface area contributed by atoms with Crippen LogP contribution in [0.15, 0.2) is 60.9 Å². The Labute approximate surface area is 93.9 Å². The molecule has 0 aliphatic carbocycles. The summed E-state index contributed by atoms with van der Waals surface area (Å²) in [5.41, 5.74) is 7.77. The lowest BCUT2D eigenvalue weighted by atomic mass is 10.2. The number of aromatic nitrogens is 1. The molecule has 0 atom stereocenters. The van der Waals surface area contributed by atoms with Gasteiger partial charge in [-0.2, -0.15) is 0 Å². The molecule has 1 aromatic heterocycles. The third-order valence-electron chi connectivity index (χ3n) is 2.77. The number of rotatable bonds is 1. The van der Waals surface area contributed by atoms with E-state index < -0.39 is 0 Å². The number of nitrogens with two attached hydrogens (primary N) is 1. The second kappa shape index (κ2) is 3.42. The maximum Gasteiger partial charge on any atom is 0.0681 e. The van der Waals surface area contributed by atoms with Crippen molar-refractivity contribution in [3.8, 4) is 5.69 Å². The molecule has 0 radical (unpaired) electrons. The van der Waals surface area contributed by atoms with Crippen LogP contribution in [-0.4, -0.2) is 4.57 Å². The van der Waals surface area contributed by atoms with E-state index in [1.54, 1.807) is 0 Å². The molecule has 0 fully saturated rings. The largest absolute Gasteiger partial charge is 0.397 e. The van der Waals surface area contributed by atoms with Crippen molar-refractivity contribution in [3.63, 3.8) is 0 Å². The Kier molecular flexibility index (Phi) is 1.93. The number of para-hydroxylation sites is 2. The summed E-state index contributed by atoms with van der Waals surface area (Å²) in [5.74, 6) is 0. The van der Waals surface area contributed by atoms with Crippen molar-refractivity contribution in [3.05, 3.63) is 60.9 Å². The first-order chi connectivity index (χ1) is 7.84. The van der Waals surface area contributed by atoms with E-state index in [1.807, 2.05) is 36.4 Å². The molecule has 1 heterocycles. The zero-order valence-corrected chi connectivity index (χ0v) is 8.80. The Morgan fingerprint density at radius 1 is 0.750 bits per heavy atom. The third kappa shape index (κ3) is 1.36. The van der Waals surface area contributed by atoms with Gasteiger partial charge in [-0.25, -0.2) is 0 Å². The van der Waals surface area contributed by atoms with Crippen molar-refractivity contribution >= 4 is 16.5 Å². The molecular weight excluding hydrogens is 196 g/mol. The molecule has 2 aromatic carbocycles. The molecule has 0 bridgehead atoms. The molecule has 0 spiro atoms. The van der Waals surface area contributed by atoms with Crippen LogP contribution in [0.3, 0.4) is 0 Å². The summed E-state index contributed by atoms with van der Waals surface area (Å²) >= 11 is 0. The molecule has 0 saturated carbocycles. The van der Waals surface area contributed by atoms with Gasteiger partial charge in [0.05, 0.1) is 11.4 Å². The van der Waals surface area contributed by atoms with Crippen molar-refractivity contribution < 1.29 is 0 Å². The summed E-state index contributed by atoms with van der Waals surface area (Å²) in [6, 6.07) is 16.2. The second-order valence-corrected chi connectivity index (χ2v) is 3.85. The summed E-state index contributed by atoms with van der Waals surface area (Å²) in [4.78, 5) is 0. The van der Waals surface area contributed by atoms with Gasteiger partial charge in [-0.05, 0) is 22.9 Å². The Hall–Kier alpha value is -2.22. The Morgan fingerprint density at radius 3 is 1.94 bits per heavy atom. The van der Waals surface area contributed by atoms with Crippen LogP contribution in [0.4, 0.5) is 5.69 Å². The number of fused-ring (bicyclic) bond motifs is 1. The van der Waals surface area contributed by atoms with Crippen LogP contribution in [-0.2, 0) is 0 Å². The van der Waals surface area contributed by atoms with E-state index in [0.29, 0.717) is 0 Å². The summed E-state index contributed by atoms with van der Waals surface area (Å²) in [7, 11) is 0. The van der Waals surface area contributed by atoms with Gasteiger partial charge in [0.1, 0.15) is 0 Å². The third-order valence-corrected chi connectivity index (χ3v) is 2.77. The normalized spacial score (nSPS) is 10.8. The van der Waals surface area contributed by atoms with Gasteiger partial charge in [0.2, 0.25) is 0 Å². The predicted molar refractivity (Wildman–Crippen MR) is 67.7 cm³/mol. The second-order valence-electron chi connectivity index (χ2n) is 3.85. The van der Waals surface area contributed by atoms with Crippen LogP contribution >= 0.6 is 0 Å². The molecule has 2 heteroatoms. The van der Waals surface area contributed by atoms with Gasteiger partial charge >= 0.3 is 0 Å². The highest BCUT2D eigenvalue weighted by Gasteiger charge is 2.02. The number of anilines is 1. The highest BCUT2D eigenvalue weighted by Crippen LogP contribution is 2.22. The van der Waals surface area contributed by atoms with Crippen LogP contribution in [0.1, 0.15) is 0 Å². The molecule has 16 heavy (non-hydrogen) atoms. The van der Waals surface area contributed by atoms with Gasteiger partial charge in [-0.15, -0.1) is 0 Å². The zero-order valence-electron chi connectivity index (χ0n) is 8.80. The van der Waals surface area contributed by atoms with E-state index in [-0.39, 0.29) is 0 Å². The molecule has 2 nitrogen and oxygen atoms in total. The summed E-state index contributed by atoms with van der Waals surface area (Å²) in [6.45, 7) is 0. The number of nitrogens with zero attached hydrogens (tertiary/aromatic N) is 1. The lowest BCUT2D eigenvalue weighted by molar-refractivity contribution is 1.09. The van der Waals surface area contributed by atoms with Gasteiger partial charge in [0.15, 0.2) is 0 Å². The minimum absolute atomic E-state index is 0.794. The minimum atomic E-state index is 0.794. The van der Waals surface area contributed by atoms with Crippen LogP contribution in [0, 0.1) is 0 Å². The van der Waals surface area contributed by atoms with E-state index in [2.05, 4.69) is 29.1 Å². The molecule has 0 aliphatic heterocycles. The maximum atomic E-state index is 5.95. The molecule has 0 saturated heterocycles. The van der Waals surface area contributed by atoms with Gasteiger partial charge < -0.3 is 10.3 Å². The highest BCUT2D eigenvalue weighted by molar-refractivity contribution is 5.83. The molecular formula is C14H12N2. The van der Waals surface area contributed by atoms with E-state index in [4.69, 9.17) is 5.73 Å². The predicted octanol–water partition coefficient (Wildman–Crippen LogP) is 3.21. The first-order valence-electron chi connectivity index (χ1n) is 5.26. The maximum absolute atomic E-state index is 5.95. The van der Waals surface area contributed by atoms with Crippen molar-refractivity contribution in [1.82, 2.24) is 4.57 Å². The molecule has 0 aliphatic rings. The fraction of sp³-hybridized carbons (Fsp3) is 0. The number of benzene rings is 2. The monoisotopic (exact) mass is 208 g/mol. The van der Waals surface area contributed by atoms with Gasteiger partial charge in [-0.3, -0.25) is 0 Å². The Morgan fingerprint density at radius 2 is 1.31 bits per heavy atom. The Bertz CT molecular complexity index is 605. The van der Waals surface area contributed by atoms with Crippen molar-refractivity contribution in [1.29, 1.82) is 0 Å². The van der Waals surface area contributed by atoms with E-state index in [9.17, 15) is 0 Å². The molecule has 0 amide bonds. The summed E-state index contributed by atoms with van der Waals surface area (Å²) < 4.78 is 2.07. The lowest BCUT2D eigenvalue weighted by Crippen LogP contribution is -1.95. The SMILES string of the molecule is Nc1ccccc1-n1cc2ccccc2c1. The average molecular weight is 208 g/mol. The van der Waals surface area contributed by atoms with Gasteiger partial charge in [0, 0.05) is 12.4 Å². The lowest BCUT2D eigenvalue weighted by Gasteiger charge is -2.05. The van der Waals surface area contributed by atoms with Crippen LogP contribution < -0.4 is 5.73 Å². The van der Waals surface area contributed by atoms with Crippen molar-refractivity contribution in [2.24, 2.45) is 0 Å². The van der Waals surface area contributed by atoms with Crippen LogP contribution in [0.25, 0.3) is 16.5 Å². The average Bonchev–Trinajstić information content (AvgIpc) is 2.73. The molecule has 78 valence electrons. The zero-order chi connectivity index (χ0) is 11.0. The van der Waals surface area contributed by atoms with Gasteiger partial charge in [-0.1, -0.05) is 36.4 Å². The van der Waals surface area contributed by atoms with Crippen molar-refractivity contribution in [2.75, 3.05) is 5.73 Å². The smallest absolute Gasteiger partial charge is 0.0681 e. The van der Waals surface area contributed by atoms with E-state index >= 15 is 0 Å². The van der Waals surface area contributed by atoms with Gasteiger partial charge in [0.25, 0.3) is 0 Å². The van der Waals surface area contributed by atoms with Crippen LogP contribution in [0.2, 0.25) is 0 Å². The van der Waals surface area contributed by atoms with Crippen LogP contribution in [0.5, 0.6) is 0 Å². The number of hydrogen-bond acceptors (Lipinski definition) is 1. The first kappa shape index (κ1) is 9.04. The van der Waals surface area contributed by atoms with E-state index in [1.165, 1.54) is 10.8 Å². The number of nitrogen functional groups attached to an aromatic ring is 1. The topological polar surface area (TPSA) is 30.9 Å². The standard InChI is InChI=1S/C14H12N2/c15-13-7-3-4-8-14(13)16-9-11-5-1-2-6-12(11)10-16/h1-10H,15H2. The fourth-order valence-electron chi connectivity index (χ4n) is 1.94. The molecule has 3 rings (SSSR count). The molecule has 0 unspecified atom stereocenters. The quantitative estimate of drug-likeness (QED) is 0.611. The first-order valence-corrected chi connectivity index (χ1v) is 5.26. The molecule has 3 aromatic rings. The minimum Gasteiger partial charge on any atom is -0.397 e. The summed E-state index contributed by atoms with van der Waals surface area (Å²) in [5, 5.41) is 2.46. The highest BCUT2D eigenvalue weighted by atomic mass is 15.0. The fourth-order valence-corrected chi connectivity index (χ4v) is 1.94. The number of hydrogen-bond donors (Lipinski definition) is 1. The Balaban J connectivity index is 2.23. The summed E-state index contributed by atoms with van der Waals surface area (Å²) in [6.07, 6.45) is 4.20.